The fourth-order valence-corrected chi connectivity index (χ4v) is 6.51. The molecule has 3 N–H and O–H groups in total. The number of rotatable bonds is 14. The lowest BCUT2D eigenvalue weighted by molar-refractivity contribution is -0.136. The molecule has 3 aromatic rings. The Kier molecular flexibility index (Phi) is 10.3. The third kappa shape index (κ3) is 8.47. The molecule has 38 heavy (non-hydrogen) atoms. The van der Waals surface area contributed by atoms with Crippen molar-refractivity contribution in [3.8, 4) is 11.1 Å². The summed E-state index contributed by atoms with van der Waals surface area (Å²) in [5, 5.41) is 25.1. The van der Waals surface area contributed by atoms with Crippen LogP contribution in [0.3, 0.4) is 0 Å². The molecule has 9 heteroatoms. The maximum absolute atomic E-state index is 13.2. The number of nitrogens with zero attached hydrogens (tertiary/aromatic N) is 1. The number of aryl methyl sites for hydroxylation is 2. The second-order valence-corrected chi connectivity index (χ2v) is 13.4. The monoisotopic (exact) mass is 558 g/mol. The number of hydrogen-bond acceptors (Lipinski definition) is 6. The highest BCUT2D eigenvalue weighted by Crippen LogP contribution is 2.25. The summed E-state index contributed by atoms with van der Waals surface area (Å²) in [6, 6.07) is 15.8. The van der Waals surface area contributed by atoms with E-state index in [4.69, 9.17) is 5.11 Å². The standard InChI is InChI=1S/C29H38N2O5S2/c1-21-14-16-37-27(21)9-6-15-29(2,3)30-19-25(32)20-31(4)38(35,36)26-8-5-7-24(18-26)23-12-10-22(11-13-23)17-28(33)34/h5,7-8,10-14,16,18,25,30,32H,6,9,15,17,19-20H2,1-4H3,(H,33,34)/t25-/m1/s1. The second-order valence-electron chi connectivity index (χ2n) is 10.4. The van der Waals surface area contributed by atoms with Gasteiger partial charge in [-0.15, -0.1) is 11.3 Å². The topological polar surface area (TPSA) is 107 Å². The third-order valence-electron chi connectivity index (χ3n) is 6.64. The van der Waals surface area contributed by atoms with Crippen LogP contribution in [0, 0.1) is 6.92 Å². The van der Waals surface area contributed by atoms with Crippen LogP contribution >= 0.6 is 11.3 Å². The van der Waals surface area contributed by atoms with Gasteiger partial charge in [-0.2, -0.15) is 4.31 Å². The van der Waals surface area contributed by atoms with Gasteiger partial charge in [-0.05, 0) is 85.9 Å². The average molecular weight is 559 g/mol. The number of aliphatic hydroxyl groups excluding tert-OH is 1. The van der Waals surface area contributed by atoms with Gasteiger partial charge in [0.2, 0.25) is 10.0 Å². The lowest BCUT2D eigenvalue weighted by Gasteiger charge is -2.29. The van der Waals surface area contributed by atoms with E-state index in [-0.39, 0.29) is 29.9 Å². The summed E-state index contributed by atoms with van der Waals surface area (Å²) in [6.45, 7) is 6.58. The summed E-state index contributed by atoms with van der Waals surface area (Å²) in [5.74, 6) is -0.904. The van der Waals surface area contributed by atoms with E-state index in [0.29, 0.717) is 11.1 Å². The number of benzene rings is 2. The van der Waals surface area contributed by atoms with Crippen molar-refractivity contribution in [3.05, 3.63) is 76.0 Å². The molecule has 206 valence electrons. The number of β-amino-alcohol motifs (C(OH)–C–C–N with tert-alkyl or cyclic N) is 1. The maximum atomic E-state index is 13.2. The normalized spacial score (nSPS) is 13.1. The molecule has 0 fully saturated rings. The van der Waals surface area contributed by atoms with Crippen molar-refractivity contribution < 1.29 is 23.4 Å². The average Bonchev–Trinajstić information content (AvgIpc) is 3.27. The Labute approximate surface area is 230 Å². The molecule has 0 aliphatic heterocycles. The first-order valence-electron chi connectivity index (χ1n) is 12.7. The van der Waals surface area contributed by atoms with Crippen LogP contribution in [0.25, 0.3) is 11.1 Å². The second kappa shape index (κ2) is 13.0. The minimum atomic E-state index is -3.82. The van der Waals surface area contributed by atoms with Crippen molar-refractivity contribution in [2.24, 2.45) is 0 Å². The molecule has 0 amide bonds. The number of carboxylic acids is 1. The first-order chi connectivity index (χ1) is 17.9. The molecule has 3 rings (SSSR count). The Bertz CT molecular complexity index is 1320. The van der Waals surface area contributed by atoms with Crippen LogP contribution in [0.1, 0.15) is 42.7 Å². The smallest absolute Gasteiger partial charge is 0.307 e. The zero-order chi connectivity index (χ0) is 27.9. The number of nitrogens with one attached hydrogen (secondary N) is 1. The van der Waals surface area contributed by atoms with Crippen molar-refractivity contribution in [2.45, 2.75) is 63.0 Å². The molecule has 7 nitrogen and oxygen atoms in total. The molecule has 0 saturated heterocycles. The number of aliphatic carboxylic acids is 1. The van der Waals surface area contributed by atoms with E-state index in [0.717, 1.165) is 24.8 Å². The van der Waals surface area contributed by atoms with Gasteiger partial charge in [0.15, 0.2) is 0 Å². The molecular formula is C29H38N2O5S2. The van der Waals surface area contributed by atoms with E-state index in [1.165, 1.54) is 27.9 Å². The van der Waals surface area contributed by atoms with Gasteiger partial charge in [-0.25, -0.2) is 8.42 Å². The highest BCUT2D eigenvalue weighted by atomic mass is 32.2. The van der Waals surface area contributed by atoms with Crippen LogP contribution < -0.4 is 5.32 Å². The molecule has 0 aliphatic rings. The Morgan fingerprint density at radius 2 is 1.82 bits per heavy atom. The van der Waals surface area contributed by atoms with E-state index < -0.39 is 22.1 Å². The number of aliphatic hydroxyl groups is 1. The zero-order valence-electron chi connectivity index (χ0n) is 22.5. The number of sulfonamides is 1. The molecular weight excluding hydrogens is 520 g/mol. The molecule has 0 unspecified atom stereocenters. The summed E-state index contributed by atoms with van der Waals surface area (Å²) in [7, 11) is -2.34. The fourth-order valence-electron chi connectivity index (χ4n) is 4.30. The van der Waals surface area contributed by atoms with Crippen LogP contribution in [0.4, 0.5) is 0 Å². The number of carboxylic acid groups (broad SMARTS) is 1. The molecule has 0 bridgehead atoms. The van der Waals surface area contributed by atoms with Gasteiger partial charge in [0.25, 0.3) is 0 Å². The minimum absolute atomic E-state index is 0.0338. The molecule has 1 heterocycles. The van der Waals surface area contributed by atoms with Crippen molar-refractivity contribution >= 4 is 27.3 Å². The highest BCUT2D eigenvalue weighted by Gasteiger charge is 2.25. The van der Waals surface area contributed by atoms with Crippen molar-refractivity contribution in [1.82, 2.24) is 9.62 Å². The minimum Gasteiger partial charge on any atom is -0.481 e. The molecule has 0 radical (unpaired) electrons. The molecule has 0 aliphatic carbocycles. The largest absolute Gasteiger partial charge is 0.481 e. The summed E-state index contributed by atoms with van der Waals surface area (Å²) in [6.07, 6.45) is 2.07. The van der Waals surface area contributed by atoms with Gasteiger partial charge in [0.1, 0.15) is 0 Å². The predicted octanol–water partition coefficient (Wildman–Crippen LogP) is 4.72. The van der Waals surface area contributed by atoms with Crippen LogP contribution in [-0.4, -0.2) is 60.7 Å². The molecule has 0 saturated carbocycles. The summed E-state index contributed by atoms with van der Waals surface area (Å²) >= 11 is 1.79. The number of carbonyl (C=O) groups is 1. The summed E-state index contributed by atoms with van der Waals surface area (Å²) in [4.78, 5) is 12.5. The first kappa shape index (κ1) is 30.0. The van der Waals surface area contributed by atoms with Gasteiger partial charge in [-0.1, -0.05) is 36.4 Å². The van der Waals surface area contributed by atoms with E-state index >= 15 is 0 Å². The number of hydrogen-bond donors (Lipinski definition) is 3. The van der Waals surface area contributed by atoms with Crippen LogP contribution in [0.5, 0.6) is 0 Å². The first-order valence-corrected chi connectivity index (χ1v) is 15.0. The molecule has 1 atom stereocenters. The lowest BCUT2D eigenvalue weighted by Crippen LogP contribution is -2.46. The maximum Gasteiger partial charge on any atom is 0.307 e. The number of thiophene rings is 1. The van der Waals surface area contributed by atoms with E-state index in [1.807, 2.05) is 6.07 Å². The SMILES string of the molecule is Cc1ccsc1CCCC(C)(C)NC[C@@H](O)CN(C)S(=O)(=O)c1cccc(-c2ccc(CC(=O)O)cc2)c1. The molecule has 2 aromatic carbocycles. The van der Waals surface area contributed by atoms with E-state index in [9.17, 15) is 18.3 Å². The van der Waals surface area contributed by atoms with E-state index in [1.54, 1.807) is 47.7 Å². The van der Waals surface area contributed by atoms with Gasteiger partial charge in [0.05, 0.1) is 17.4 Å². The van der Waals surface area contributed by atoms with Gasteiger partial charge in [0, 0.05) is 30.6 Å². The molecule has 1 aromatic heterocycles. The Balaban J connectivity index is 1.56. The van der Waals surface area contributed by atoms with Crippen molar-refractivity contribution in [1.29, 1.82) is 0 Å². The summed E-state index contributed by atoms with van der Waals surface area (Å²) < 4.78 is 27.7. The van der Waals surface area contributed by atoms with Gasteiger partial charge >= 0.3 is 5.97 Å². The van der Waals surface area contributed by atoms with Crippen LogP contribution in [-0.2, 0) is 27.7 Å². The van der Waals surface area contributed by atoms with Crippen LogP contribution in [0.2, 0.25) is 0 Å². The third-order valence-corrected chi connectivity index (χ3v) is 9.54. The predicted molar refractivity (Wildman–Crippen MR) is 153 cm³/mol. The number of likely N-dealkylation sites (N-methyl/N-ethyl adjacent to an activating group) is 1. The lowest BCUT2D eigenvalue weighted by atomic mass is 9.96. The van der Waals surface area contributed by atoms with Crippen molar-refractivity contribution in [3.63, 3.8) is 0 Å². The summed E-state index contributed by atoms with van der Waals surface area (Å²) in [5.41, 5.74) is 3.33. The van der Waals surface area contributed by atoms with Gasteiger partial charge < -0.3 is 15.5 Å². The van der Waals surface area contributed by atoms with E-state index in [2.05, 4.69) is 37.5 Å². The molecule has 0 spiro atoms. The van der Waals surface area contributed by atoms with Crippen molar-refractivity contribution in [2.75, 3.05) is 20.1 Å². The Morgan fingerprint density at radius 1 is 1.11 bits per heavy atom. The fraction of sp³-hybridized carbons (Fsp3) is 0.414. The zero-order valence-corrected chi connectivity index (χ0v) is 24.1. The van der Waals surface area contributed by atoms with Gasteiger partial charge in [-0.3, -0.25) is 4.79 Å². The highest BCUT2D eigenvalue weighted by molar-refractivity contribution is 7.89. The quantitative estimate of drug-likeness (QED) is 0.264. The van der Waals surface area contributed by atoms with Crippen LogP contribution in [0.15, 0.2) is 64.9 Å². The Morgan fingerprint density at radius 3 is 2.45 bits per heavy atom. The Hall–Kier alpha value is -2.56.